The summed E-state index contributed by atoms with van der Waals surface area (Å²) in [5.41, 5.74) is 5.24. The Labute approximate surface area is 219 Å². The normalized spacial score (nSPS) is 11.9. The van der Waals surface area contributed by atoms with E-state index in [9.17, 15) is 9.59 Å². The van der Waals surface area contributed by atoms with Crippen molar-refractivity contribution in [2.45, 2.75) is 26.3 Å². The first kappa shape index (κ1) is 24.4. The molecule has 0 aliphatic carbocycles. The molecule has 5 aromatic rings. The Morgan fingerprint density at radius 2 is 1.92 bits per heavy atom. The highest BCUT2D eigenvalue weighted by Gasteiger charge is 2.19. The van der Waals surface area contributed by atoms with E-state index >= 15 is 0 Å². The maximum atomic E-state index is 13.1. The van der Waals surface area contributed by atoms with E-state index in [4.69, 9.17) is 0 Å². The number of nitrogens with one attached hydrogen (secondary N) is 2. The van der Waals surface area contributed by atoms with Crippen molar-refractivity contribution in [3.63, 3.8) is 0 Å². The molecule has 3 aromatic heterocycles. The van der Waals surface area contributed by atoms with Crippen molar-refractivity contribution in [1.82, 2.24) is 20.1 Å². The molecule has 0 saturated carbocycles. The van der Waals surface area contributed by atoms with Crippen LogP contribution in [0.4, 0.5) is 5.69 Å². The lowest BCUT2D eigenvalue weighted by molar-refractivity contribution is 0.0935. The van der Waals surface area contributed by atoms with E-state index < -0.39 is 0 Å². The Hall–Kier alpha value is -4.30. The summed E-state index contributed by atoms with van der Waals surface area (Å²) in [6.07, 6.45) is 7.65. The van der Waals surface area contributed by atoms with Gasteiger partial charge in [-0.05, 0) is 70.6 Å². The molecule has 0 bridgehead atoms. The fraction of sp³-hybridized carbons (Fsp3) is 0.172. The van der Waals surface area contributed by atoms with E-state index in [-0.39, 0.29) is 17.9 Å². The number of carbonyl (C=O) groups excluding carboxylic acids is 2. The second-order valence-corrected chi connectivity index (χ2v) is 9.84. The van der Waals surface area contributed by atoms with Gasteiger partial charge >= 0.3 is 0 Å². The van der Waals surface area contributed by atoms with Gasteiger partial charge in [-0.25, -0.2) is 0 Å². The third-order valence-corrected chi connectivity index (χ3v) is 7.51. The molecule has 0 saturated heterocycles. The zero-order valence-corrected chi connectivity index (χ0v) is 21.7. The highest BCUT2D eigenvalue weighted by Crippen LogP contribution is 2.33. The summed E-state index contributed by atoms with van der Waals surface area (Å²) in [7, 11) is 1.81. The minimum atomic E-state index is -0.150. The number of anilines is 1. The lowest BCUT2D eigenvalue weighted by Crippen LogP contribution is -2.28. The van der Waals surface area contributed by atoms with Gasteiger partial charge in [0.15, 0.2) is 0 Å². The number of aryl methyl sites for hydroxylation is 1. The van der Waals surface area contributed by atoms with E-state index in [1.54, 1.807) is 29.5 Å². The lowest BCUT2D eigenvalue weighted by atomic mass is 9.97. The van der Waals surface area contributed by atoms with Gasteiger partial charge in [-0.3, -0.25) is 19.3 Å². The van der Waals surface area contributed by atoms with Crippen molar-refractivity contribution in [3.8, 4) is 11.1 Å². The zero-order valence-electron chi connectivity index (χ0n) is 20.9. The second-order valence-electron chi connectivity index (χ2n) is 8.96. The van der Waals surface area contributed by atoms with Crippen LogP contribution in [0, 0.1) is 6.92 Å². The molecule has 37 heavy (non-hydrogen) atoms. The monoisotopic (exact) mass is 509 g/mol. The molecule has 8 heteroatoms. The summed E-state index contributed by atoms with van der Waals surface area (Å²) in [6, 6.07) is 15.6. The summed E-state index contributed by atoms with van der Waals surface area (Å²) in [4.78, 5) is 30.8. The van der Waals surface area contributed by atoms with E-state index in [2.05, 4.69) is 33.7 Å². The molecule has 2 amide bonds. The van der Waals surface area contributed by atoms with Crippen LogP contribution in [0.2, 0.25) is 0 Å². The van der Waals surface area contributed by atoms with Gasteiger partial charge in [-0.2, -0.15) is 5.10 Å². The van der Waals surface area contributed by atoms with Crippen LogP contribution in [0.25, 0.3) is 21.9 Å². The summed E-state index contributed by atoms with van der Waals surface area (Å²) < 4.78 is 1.65. The first-order chi connectivity index (χ1) is 17.9. The Kier molecular flexibility index (Phi) is 6.83. The quantitative estimate of drug-likeness (QED) is 0.276. The predicted octanol–water partition coefficient (Wildman–Crippen LogP) is 6.14. The van der Waals surface area contributed by atoms with Gasteiger partial charge in [0.1, 0.15) is 0 Å². The number of carbonyl (C=O) groups is 2. The maximum absolute atomic E-state index is 13.1. The first-order valence-corrected chi connectivity index (χ1v) is 12.9. The van der Waals surface area contributed by atoms with Gasteiger partial charge in [-0.1, -0.05) is 31.2 Å². The van der Waals surface area contributed by atoms with Crippen molar-refractivity contribution >= 4 is 39.6 Å². The molecule has 2 N–H and O–H groups in total. The molecular formula is C29H27N5O2S. The average molecular weight is 510 g/mol. The SMILES string of the molecule is CCC(NC(=O)c1ccc2cnccc2c1)c1cccc(-c2csc(C(=O)Nc3cnn(C)c3)c2C)c1. The topological polar surface area (TPSA) is 88.9 Å². The Balaban J connectivity index is 1.35. The first-order valence-electron chi connectivity index (χ1n) is 12.1. The number of pyridine rings is 1. The summed E-state index contributed by atoms with van der Waals surface area (Å²) in [6.45, 7) is 4.02. The highest BCUT2D eigenvalue weighted by atomic mass is 32.1. The van der Waals surface area contributed by atoms with E-state index in [0.717, 1.165) is 39.4 Å². The summed E-state index contributed by atoms with van der Waals surface area (Å²) in [5, 5.41) is 14.2. The number of nitrogens with zero attached hydrogens (tertiary/aromatic N) is 3. The molecule has 0 aliphatic rings. The van der Waals surface area contributed by atoms with E-state index in [1.165, 1.54) is 11.3 Å². The fourth-order valence-corrected chi connectivity index (χ4v) is 5.40. The number of hydrogen-bond acceptors (Lipinski definition) is 5. The maximum Gasteiger partial charge on any atom is 0.266 e. The number of benzene rings is 2. The zero-order chi connectivity index (χ0) is 25.9. The van der Waals surface area contributed by atoms with Crippen LogP contribution in [0.1, 0.15) is 50.5 Å². The van der Waals surface area contributed by atoms with Gasteiger partial charge < -0.3 is 10.6 Å². The number of thiophene rings is 1. The van der Waals surface area contributed by atoms with Crippen LogP contribution in [-0.2, 0) is 7.05 Å². The van der Waals surface area contributed by atoms with Crippen LogP contribution in [-0.4, -0.2) is 26.6 Å². The number of aromatic nitrogens is 3. The van der Waals surface area contributed by atoms with E-state index in [0.29, 0.717) is 16.1 Å². The van der Waals surface area contributed by atoms with Crippen LogP contribution in [0.3, 0.4) is 0 Å². The summed E-state index contributed by atoms with van der Waals surface area (Å²) in [5.74, 6) is -0.264. The Morgan fingerprint density at radius 1 is 1.05 bits per heavy atom. The molecule has 186 valence electrons. The number of fused-ring (bicyclic) bond motifs is 1. The van der Waals surface area contributed by atoms with Gasteiger partial charge in [0, 0.05) is 36.6 Å². The minimum absolute atomic E-state index is 0.114. The third-order valence-electron chi connectivity index (χ3n) is 6.42. The fourth-order valence-electron chi connectivity index (χ4n) is 4.41. The average Bonchev–Trinajstić information content (AvgIpc) is 3.51. The molecule has 1 atom stereocenters. The van der Waals surface area contributed by atoms with Gasteiger partial charge in [-0.15, -0.1) is 11.3 Å². The predicted molar refractivity (Wildman–Crippen MR) is 148 cm³/mol. The van der Waals surface area contributed by atoms with Crippen molar-refractivity contribution in [2.75, 3.05) is 5.32 Å². The molecule has 7 nitrogen and oxygen atoms in total. The molecule has 0 spiro atoms. The van der Waals surface area contributed by atoms with Gasteiger partial charge in [0.25, 0.3) is 11.8 Å². The standard InChI is InChI=1S/C29H27N5O2S/c1-4-26(33-28(35)22-8-9-23-14-30-11-10-19(23)12-22)21-7-5-6-20(13-21)25-17-37-27(18(25)2)29(36)32-24-15-31-34(3)16-24/h5-17,26H,4H2,1-3H3,(H,32,36)(H,33,35). The van der Waals surface area contributed by atoms with Crippen LogP contribution >= 0.6 is 11.3 Å². The van der Waals surface area contributed by atoms with Crippen molar-refractivity contribution in [1.29, 1.82) is 0 Å². The van der Waals surface area contributed by atoms with E-state index in [1.807, 2.05) is 61.8 Å². The number of hydrogen-bond donors (Lipinski definition) is 2. The van der Waals surface area contributed by atoms with Crippen molar-refractivity contribution in [3.05, 3.63) is 100 Å². The third kappa shape index (κ3) is 5.15. The molecule has 0 radical (unpaired) electrons. The number of amides is 2. The summed E-state index contributed by atoms with van der Waals surface area (Å²) >= 11 is 1.42. The van der Waals surface area contributed by atoms with Crippen molar-refractivity contribution in [2.24, 2.45) is 7.05 Å². The largest absolute Gasteiger partial charge is 0.345 e. The molecule has 5 rings (SSSR count). The Bertz CT molecular complexity index is 1600. The second kappa shape index (κ2) is 10.4. The lowest BCUT2D eigenvalue weighted by Gasteiger charge is -2.19. The van der Waals surface area contributed by atoms with Gasteiger partial charge in [0.05, 0.1) is 22.8 Å². The molecule has 0 aliphatic heterocycles. The highest BCUT2D eigenvalue weighted by molar-refractivity contribution is 7.12. The van der Waals surface area contributed by atoms with Crippen LogP contribution in [0.15, 0.2) is 78.7 Å². The molecule has 0 fully saturated rings. The molecule has 3 heterocycles. The smallest absolute Gasteiger partial charge is 0.266 e. The Morgan fingerprint density at radius 3 is 2.70 bits per heavy atom. The van der Waals surface area contributed by atoms with Gasteiger partial charge in [0.2, 0.25) is 0 Å². The molecular weight excluding hydrogens is 482 g/mol. The number of rotatable bonds is 7. The van der Waals surface area contributed by atoms with Crippen LogP contribution in [0.5, 0.6) is 0 Å². The van der Waals surface area contributed by atoms with Crippen LogP contribution < -0.4 is 10.6 Å². The molecule has 2 aromatic carbocycles. The molecule has 1 unspecified atom stereocenters. The minimum Gasteiger partial charge on any atom is -0.345 e. The van der Waals surface area contributed by atoms with Crippen molar-refractivity contribution < 1.29 is 9.59 Å².